The normalized spacial score (nSPS) is 11.5. The van der Waals surface area contributed by atoms with Crippen molar-refractivity contribution in [3.63, 3.8) is 0 Å². The van der Waals surface area contributed by atoms with E-state index in [2.05, 4.69) is 34.8 Å². The number of nitrogens with zero attached hydrogens (tertiary/aromatic N) is 1. The molecular weight excluding hydrogens is 280 g/mol. The van der Waals surface area contributed by atoms with Crippen molar-refractivity contribution in [2.45, 2.75) is 33.6 Å². The standard InChI is InChI=1S/C16H28N4O2/c1-13(2)12-20-16(18-9-5-8-17-14(3)21)19-10-7-15-6-4-11-22-15/h4,6,11,13H,5,7-10,12H2,1-3H3,(H,17,21)(H2,18,19,20). The Hall–Kier alpha value is -1.98. The predicted molar refractivity (Wildman–Crippen MR) is 88.9 cm³/mol. The number of guanidine groups is 1. The number of hydrogen-bond donors (Lipinski definition) is 3. The number of aliphatic imine (C=N–C) groups is 1. The van der Waals surface area contributed by atoms with Crippen LogP contribution in [0.4, 0.5) is 0 Å². The number of carbonyl (C=O) groups excluding carboxylic acids is 1. The van der Waals surface area contributed by atoms with Crippen molar-refractivity contribution < 1.29 is 9.21 Å². The molecule has 0 aliphatic heterocycles. The van der Waals surface area contributed by atoms with Gasteiger partial charge >= 0.3 is 0 Å². The molecule has 0 saturated heterocycles. The highest BCUT2D eigenvalue weighted by atomic mass is 16.3. The summed E-state index contributed by atoms with van der Waals surface area (Å²) in [6.07, 6.45) is 3.37. The summed E-state index contributed by atoms with van der Waals surface area (Å²) >= 11 is 0. The highest BCUT2D eigenvalue weighted by molar-refractivity contribution is 5.79. The zero-order chi connectivity index (χ0) is 16.2. The van der Waals surface area contributed by atoms with Gasteiger partial charge in [0.15, 0.2) is 5.96 Å². The van der Waals surface area contributed by atoms with E-state index in [-0.39, 0.29) is 5.91 Å². The number of carbonyl (C=O) groups is 1. The molecule has 0 unspecified atom stereocenters. The fraction of sp³-hybridized carbons (Fsp3) is 0.625. The average molecular weight is 308 g/mol. The second-order valence-corrected chi connectivity index (χ2v) is 5.60. The quantitative estimate of drug-likeness (QED) is 0.367. The Morgan fingerprint density at radius 1 is 1.23 bits per heavy atom. The highest BCUT2D eigenvalue weighted by Gasteiger charge is 2.01. The molecule has 1 rings (SSSR count). The Kier molecular flexibility index (Phi) is 8.79. The van der Waals surface area contributed by atoms with E-state index in [0.29, 0.717) is 12.5 Å². The lowest BCUT2D eigenvalue weighted by Gasteiger charge is -2.13. The third-order valence-electron chi connectivity index (χ3n) is 2.88. The van der Waals surface area contributed by atoms with E-state index >= 15 is 0 Å². The minimum Gasteiger partial charge on any atom is -0.469 e. The van der Waals surface area contributed by atoms with Gasteiger partial charge in [0.1, 0.15) is 5.76 Å². The average Bonchev–Trinajstić information content (AvgIpc) is 2.96. The topological polar surface area (TPSA) is 78.7 Å². The third kappa shape index (κ3) is 9.05. The van der Waals surface area contributed by atoms with E-state index in [1.54, 1.807) is 6.26 Å². The second kappa shape index (κ2) is 10.7. The van der Waals surface area contributed by atoms with Crippen molar-refractivity contribution in [3.8, 4) is 0 Å². The fourth-order valence-corrected chi connectivity index (χ4v) is 1.77. The monoisotopic (exact) mass is 308 g/mol. The molecular formula is C16H28N4O2. The van der Waals surface area contributed by atoms with Crippen molar-refractivity contribution in [3.05, 3.63) is 24.2 Å². The van der Waals surface area contributed by atoms with Crippen LogP contribution < -0.4 is 16.0 Å². The smallest absolute Gasteiger partial charge is 0.216 e. The summed E-state index contributed by atoms with van der Waals surface area (Å²) in [5.41, 5.74) is 0. The maximum Gasteiger partial charge on any atom is 0.216 e. The largest absolute Gasteiger partial charge is 0.469 e. The first kappa shape index (κ1) is 18.1. The van der Waals surface area contributed by atoms with E-state index in [4.69, 9.17) is 4.42 Å². The molecule has 6 heteroatoms. The summed E-state index contributed by atoms with van der Waals surface area (Å²) < 4.78 is 5.31. The molecule has 0 radical (unpaired) electrons. The summed E-state index contributed by atoms with van der Waals surface area (Å²) in [6.45, 7) is 8.79. The summed E-state index contributed by atoms with van der Waals surface area (Å²) in [5.74, 6) is 2.29. The van der Waals surface area contributed by atoms with Gasteiger partial charge in [-0.2, -0.15) is 0 Å². The van der Waals surface area contributed by atoms with Crippen molar-refractivity contribution >= 4 is 11.9 Å². The molecule has 3 N–H and O–H groups in total. The van der Waals surface area contributed by atoms with E-state index in [1.165, 1.54) is 6.92 Å². The number of amides is 1. The predicted octanol–water partition coefficient (Wildman–Crippen LogP) is 1.54. The zero-order valence-corrected chi connectivity index (χ0v) is 13.8. The van der Waals surface area contributed by atoms with E-state index < -0.39 is 0 Å². The Labute approximate surface area is 132 Å². The first-order valence-corrected chi connectivity index (χ1v) is 7.87. The molecule has 0 atom stereocenters. The molecule has 22 heavy (non-hydrogen) atoms. The van der Waals surface area contributed by atoms with Gasteiger partial charge in [0.2, 0.25) is 5.91 Å². The maximum absolute atomic E-state index is 10.8. The van der Waals surface area contributed by atoms with Crippen LogP contribution >= 0.6 is 0 Å². The number of furan rings is 1. The van der Waals surface area contributed by atoms with Gasteiger partial charge < -0.3 is 20.4 Å². The van der Waals surface area contributed by atoms with Gasteiger partial charge in [-0.3, -0.25) is 9.79 Å². The molecule has 124 valence electrons. The van der Waals surface area contributed by atoms with Crippen LogP contribution in [0.25, 0.3) is 0 Å². The molecule has 0 aromatic carbocycles. The maximum atomic E-state index is 10.8. The third-order valence-corrected chi connectivity index (χ3v) is 2.88. The summed E-state index contributed by atoms with van der Waals surface area (Å²) in [6, 6.07) is 3.86. The number of hydrogen-bond acceptors (Lipinski definition) is 3. The van der Waals surface area contributed by atoms with Gasteiger partial charge in [-0.05, 0) is 24.5 Å². The van der Waals surface area contributed by atoms with Gasteiger partial charge in [0.25, 0.3) is 0 Å². The second-order valence-electron chi connectivity index (χ2n) is 5.60. The van der Waals surface area contributed by atoms with Crippen molar-refractivity contribution in [1.29, 1.82) is 0 Å². The molecule has 0 saturated carbocycles. The Morgan fingerprint density at radius 2 is 1.95 bits per heavy atom. The van der Waals surface area contributed by atoms with E-state index in [9.17, 15) is 4.79 Å². The molecule has 1 heterocycles. The molecule has 0 aliphatic rings. The fourth-order valence-electron chi connectivity index (χ4n) is 1.77. The molecule has 0 bridgehead atoms. The van der Waals surface area contributed by atoms with Crippen LogP contribution in [0, 0.1) is 5.92 Å². The zero-order valence-electron chi connectivity index (χ0n) is 13.8. The van der Waals surface area contributed by atoms with Crippen molar-refractivity contribution in [2.24, 2.45) is 10.9 Å². The molecule has 0 aliphatic carbocycles. The van der Waals surface area contributed by atoms with Gasteiger partial charge in [0.05, 0.1) is 6.26 Å². The lowest BCUT2D eigenvalue weighted by atomic mass is 10.2. The lowest BCUT2D eigenvalue weighted by Crippen LogP contribution is -2.40. The van der Waals surface area contributed by atoms with Crippen LogP contribution in [0.5, 0.6) is 0 Å². The highest BCUT2D eigenvalue weighted by Crippen LogP contribution is 1.99. The minimum absolute atomic E-state index is 0.00488. The summed E-state index contributed by atoms with van der Waals surface area (Å²) in [5, 5.41) is 9.37. The summed E-state index contributed by atoms with van der Waals surface area (Å²) in [4.78, 5) is 15.3. The Balaban J connectivity index is 2.29. The Bertz CT molecular complexity index is 441. The van der Waals surface area contributed by atoms with Crippen LogP contribution in [0.3, 0.4) is 0 Å². The van der Waals surface area contributed by atoms with Crippen LogP contribution in [0.1, 0.15) is 33.0 Å². The first-order valence-electron chi connectivity index (χ1n) is 7.87. The molecule has 1 aromatic rings. The molecule has 1 aromatic heterocycles. The molecule has 6 nitrogen and oxygen atoms in total. The van der Waals surface area contributed by atoms with Gasteiger partial charge in [-0.1, -0.05) is 13.8 Å². The number of nitrogens with one attached hydrogen (secondary N) is 3. The molecule has 0 spiro atoms. The summed E-state index contributed by atoms with van der Waals surface area (Å²) in [7, 11) is 0. The van der Waals surface area contributed by atoms with Crippen molar-refractivity contribution in [2.75, 3.05) is 26.2 Å². The SMILES string of the molecule is CC(=O)NCCCNC(=NCC(C)C)NCCc1ccco1. The molecule has 1 amide bonds. The van der Waals surface area contributed by atoms with Crippen molar-refractivity contribution in [1.82, 2.24) is 16.0 Å². The van der Waals surface area contributed by atoms with Crippen LogP contribution in [-0.4, -0.2) is 38.0 Å². The van der Waals surface area contributed by atoms with Crippen LogP contribution in [-0.2, 0) is 11.2 Å². The number of rotatable bonds is 9. The first-order chi connectivity index (χ1) is 10.6. The van der Waals surface area contributed by atoms with Crippen LogP contribution in [0.15, 0.2) is 27.8 Å². The lowest BCUT2D eigenvalue weighted by molar-refractivity contribution is -0.118. The minimum atomic E-state index is 0.00488. The van der Waals surface area contributed by atoms with Gasteiger partial charge in [-0.15, -0.1) is 0 Å². The molecule has 0 fully saturated rings. The Morgan fingerprint density at radius 3 is 2.59 bits per heavy atom. The van der Waals surface area contributed by atoms with Gasteiger partial charge in [0, 0.05) is 39.5 Å². The van der Waals surface area contributed by atoms with E-state index in [0.717, 1.165) is 44.2 Å². The van der Waals surface area contributed by atoms with Crippen LogP contribution in [0.2, 0.25) is 0 Å². The van der Waals surface area contributed by atoms with Gasteiger partial charge in [-0.25, -0.2) is 0 Å². The van der Waals surface area contributed by atoms with E-state index in [1.807, 2.05) is 12.1 Å².